The predicted octanol–water partition coefficient (Wildman–Crippen LogP) is -0.768. The van der Waals surface area contributed by atoms with E-state index in [1.165, 1.54) is 0 Å². The lowest BCUT2D eigenvalue weighted by molar-refractivity contribution is -0.446. The van der Waals surface area contributed by atoms with Crippen molar-refractivity contribution in [3.8, 4) is 0 Å². The van der Waals surface area contributed by atoms with Crippen LogP contribution >= 0.6 is 0 Å². The summed E-state index contributed by atoms with van der Waals surface area (Å²) in [4.78, 5) is -0.417. The average Bonchev–Trinajstić information content (AvgIpc) is 1.65. The first-order valence-electron chi connectivity index (χ1n) is 1.34. The third-order valence-electron chi connectivity index (χ3n) is 0.287. The van der Waals surface area contributed by atoms with E-state index < -0.39 is 10.8 Å². The topological polar surface area (TPSA) is 109 Å². The van der Waals surface area contributed by atoms with Gasteiger partial charge in [0, 0.05) is 0 Å². The van der Waals surface area contributed by atoms with E-state index in [-0.39, 0.29) is 0 Å². The van der Waals surface area contributed by atoms with Crippen LogP contribution in [-0.4, -0.2) is 16.0 Å². The van der Waals surface area contributed by atoms with E-state index >= 15 is 0 Å². The molecule has 0 saturated carbocycles. The molecule has 0 aliphatic heterocycles. The molecule has 0 spiro atoms. The van der Waals surface area contributed by atoms with Crippen molar-refractivity contribution >= 4 is 5.96 Å². The molecule has 0 atom stereocenters. The molecule has 40 valence electrons. The van der Waals surface area contributed by atoms with Crippen LogP contribution in [0.15, 0.2) is 5.28 Å². The highest BCUT2D eigenvalue weighted by Gasteiger charge is 1.90. The lowest BCUT2D eigenvalue weighted by Gasteiger charge is -1.95. The van der Waals surface area contributed by atoms with Crippen molar-refractivity contribution in [3.63, 3.8) is 0 Å². The Morgan fingerprint density at radius 1 is 2.00 bits per heavy atom. The van der Waals surface area contributed by atoms with E-state index in [9.17, 15) is 5.21 Å². The highest BCUT2D eigenvalue weighted by atomic mass is 16.6. The second-order valence-electron chi connectivity index (χ2n) is 0.748. The maximum absolute atomic E-state index is 9.66. The van der Waals surface area contributed by atoms with Crippen molar-refractivity contribution in [1.82, 2.24) is 0 Å². The standard InChI is InChI=1S/CH4N4O2/c2-1(3)5(7)4-6/h6H,(H3,2,3)/b5-4-. The van der Waals surface area contributed by atoms with Crippen LogP contribution in [0.4, 0.5) is 0 Å². The number of hydrogen-bond donors (Lipinski definition) is 3. The van der Waals surface area contributed by atoms with Gasteiger partial charge >= 0.3 is 5.96 Å². The molecule has 0 rings (SSSR count). The van der Waals surface area contributed by atoms with Crippen LogP contribution in [0.3, 0.4) is 0 Å². The molecular formula is CH4N4O2. The van der Waals surface area contributed by atoms with Crippen LogP contribution in [-0.2, 0) is 0 Å². The summed E-state index contributed by atoms with van der Waals surface area (Å²) >= 11 is 0. The number of nitrogens with one attached hydrogen (secondary N) is 1. The van der Waals surface area contributed by atoms with Crippen LogP contribution in [0.1, 0.15) is 0 Å². The third-order valence-corrected chi connectivity index (χ3v) is 0.287. The minimum atomic E-state index is -0.845. The summed E-state index contributed by atoms with van der Waals surface area (Å²) in [7, 11) is 0. The lowest BCUT2D eigenvalue weighted by Crippen LogP contribution is -2.21. The third kappa shape index (κ3) is 1.53. The van der Waals surface area contributed by atoms with E-state index in [0.29, 0.717) is 0 Å². The van der Waals surface area contributed by atoms with E-state index in [1.807, 2.05) is 5.28 Å². The predicted molar refractivity (Wildman–Crippen MR) is 19.8 cm³/mol. The van der Waals surface area contributed by atoms with Crippen molar-refractivity contribution in [2.45, 2.75) is 0 Å². The first-order valence-corrected chi connectivity index (χ1v) is 1.34. The first-order chi connectivity index (χ1) is 3.18. The molecule has 6 nitrogen and oxygen atoms in total. The minimum Gasteiger partial charge on any atom is -0.719 e. The molecule has 0 aromatic rings. The van der Waals surface area contributed by atoms with Gasteiger partial charge in [0.1, 0.15) is 0 Å². The molecule has 0 heterocycles. The summed E-state index contributed by atoms with van der Waals surface area (Å²) in [6.07, 6.45) is 0. The Hall–Kier alpha value is -1.33. The van der Waals surface area contributed by atoms with Gasteiger partial charge in [-0.3, -0.25) is 5.73 Å². The van der Waals surface area contributed by atoms with Gasteiger partial charge in [0.15, 0.2) is 0 Å². The lowest BCUT2D eigenvalue weighted by atomic mass is 11.1. The second-order valence-corrected chi connectivity index (χ2v) is 0.748. The van der Waals surface area contributed by atoms with Crippen LogP contribution in [0.2, 0.25) is 0 Å². The molecule has 0 aliphatic rings. The molecule has 0 bridgehead atoms. The van der Waals surface area contributed by atoms with Gasteiger partial charge in [-0.15, -0.1) is 10.3 Å². The summed E-state index contributed by atoms with van der Waals surface area (Å²) in [5.74, 6) is -0.845. The number of guanidine groups is 1. The van der Waals surface area contributed by atoms with Crippen molar-refractivity contribution in [2.24, 2.45) is 11.0 Å². The van der Waals surface area contributed by atoms with Crippen LogP contribution in [0.25, 0.3) is 0 Å². The molecule has 0 amide bonds. The van der Waals surface area contributed by atoms with Gasteiger partial charge in [0.25, 0.3) is 0 Å². The van der Waals surface area contributed by atoms with E-state index in [1.54, 1.807) is 0 Å². The molecule has 0 unspecified atom stereocenters. The molecule has 0 fully saturated rings. The number of nitrogens with zero attached hydrogens (tertiary/aromatic N) is 2. The van der Waals surface area contributed by atoms with Gasteiger partial charge in [-0.2, -0.15) is 0 Å². The Bertz CT molecular complexity index is 106. The quantitative estimate of drug-likeness (QED) is 0.123. The normalized spacial score (nSPS) is 11.1. The van der Waals surface area contributed by atoms with E-state index in [0.717, 1.165) is 0 Å². The maximum Gasteiger partial charge on any atom is 0.404 e. The number of nitrogens with two attached hydrogens (primary N) is 1. The van der Waals surface area contributed by atoms with Crippen molar-refractivity contribution in [2.75, 3.05) is 0 Å². The van der Waals surface area contributed by atoms with Gasteiger partial charge in [-0.25, -0.2) is 0 Å². The summed E-state index contributed by atoms with van der Waals surface area (Å²) in [5, 5.41) is 25.4. The fourth-order valence-electron chi connectivity index (χ4n) is 0.0482. The summed E-state index contributed by atoms with van der Waals surface area (Å²) in [6.45, 7) is 0. The SMILES string of the molecule is N=C(N)/[N+]([O-])=N/O. The van der Waals surface area contributed by atoms with Crippen LogP contribution in [0.5, 0.6) is 0 Å². The molecule has 0 aliphatic carbocycles. The number of rotatable bonds is 0. The molecule has 0 aromatic heterocycles. The molecule has 0 radical (unpaired) electrons. The number of hydroxylamine groups is 1. The fraction of sp³-hybridized carbons (Fsp3) is 0. The van der Waals surface area contributed by atoms with Crippen LogP contribution < -0.4 is 5.73 Å². The van der Waals surface area contributed by atoms with Gasteiger partial charge in [0.2, 0.25) is 0 Å². The monoisotopic (exact) mass is 104 g/mol. The van der Waals surface area contributed by atoms with Gasteiger partial charge in [-0.05, 0) is 0 Å². The van der Waals surface area contributed by atoms with Crippen molar-refractivity contribution in [3.05, 3.63) is 5.21 Å². The van der Waals surface area contributed by atoms with Gasteiger partial charge < -0.3 is 10.4 Å². The first kappa shape index (κ1) is 5.67. The molecular weight excluding hydrogens is 100 g/mol. The zero-order valence-corrected chi connectivity index (χ0v) is 3.33. The average molecular weight is 104 g/mol. The van der Waals surface area contributed by atoms with Crippen molar-refractivity contribution in [1.29, 1.82) is 5.41 Å². The Morgan fingerprint density at radius 2 is 2.43 bits per heavy atom. The van der Waals surface area contributed by atoms with E-state index in [4.69, 9.17) is 10.6 Å². The Labute approximate surface area is 38.9 Å². The largest absolute Gasteiger partial charge is 0.719 e. The summed E-state index contributed by atoms with van der Waals surface area (Å²) in [6, 6.07) is 0. The maximum atomic E-state index is 9.66. The molecule has 7 heavy (non-hydrogen) atoms. The Kier molecular flexibility index (Phi) is 1.58. The van der Waals surface area contributed by atoms with E-state index in [2.05, 4.69) is 5.73 Å². The van der Waals surface area contributed by atoms with Crippen molar-refractivity contribution < 1.29 is 10.1 Å². The summed E-state index contributed by atoms with van der Waals surface area (Å²) < 4.78 is 0. The zero-order chi connectivity index (χ0) is 5.86. The highest BCUT2D eigenvalue weighted by Crippen LogP contribution is 1.64. The molecule has 0 aromatic carbocycles. The zero-order valence-electron chi connectivity index (χ0n) is 3.33. The van der Waals surface area contributed by atoms with Crippen LogP contribution in [0, 0.1) is 10.6 Å². The molecule has 4 N–H and O–H groups in total. The number of hydrogen-bond acceptors (Lipinski definition) is 3. The fourth-order valence-corrected chi connectivity index (χ4v) is 0.0482. The Morgan fingerprint density at radius 3 is 2.43 bits per heavy atom. The molecule has 6 heteroatoms. The minimum absolute atomic E-state index is 0.417. The molecule has 0 saturated heterocycles. The van der Waals surface area contributed by atoms with Gasteiger partial charge in [-0.1, -0.05) is 0 Å². The summed E-state index contributed by atoms with van der Waals surface area (Å²) in [5.41, 5.74) is 4.49. The van der Waals surface area contributed by atoms with Gasteiger partial charge in [0.05, 0.1) is 5.28 Å². The smallest absolute Gasteiger partial charge is 0.404 e. The second kappa shape index (κ2) is 1.96. The highest BCUT2D eigenvalue weighted by molar-refractivity contribution is 5.64. The Balaban J connectivity index is 3.82.